The van der Waals surface area contributed by atoms with Crippen LogP contribution in [-0.2, 0) is 6.54 Å². The van der Waals surface area contributed by atoms with Gasteiger partial charge in [-0.15, -0.1) is 0 Å². The number of benzene rings is 2. The van der Waals surface area contributed by atoms with Crippen LogP contribution in [0.25, 0.3) is 16.8 Å². The van der Waals surface area contributed by atoms with Gasteiger partial charge in [-0.25, -0.2) is 4.98 Å². The van der Waals surface area contributed by atoms with Gasteiger partial charge in [0.15, 0.2) is 0 Å². The molecule has 0 bridgehead atoms. The Kier molecular flexibility index (Phi) is 3.15. The molecule has 0 N–H and O–H groups in total. The molecular formula is C17H16N2. The summed E-state index contributed by atoms with van der Waals surface area (Å²) in [7, 11) is 0. The fourth-order valence-corrected chi connectivity index (χ4v) is 2.31. The fourth-order valence-electron chi connectivity index (χ4n) is 2.31. The van der Waals surface area contributed by atoms with Crippen molar-refractivity contribution in [3.63, 3.8) is 0 Å². The molecule has 2 nitrogen and oxygen atoms in total. The summed E-state index contributed by atoms with van der Waals surface area (Å²) in [5, 5.41) is 2.57. The number of nitrogens with zero attached hydrogens (tertiary/aromatic N) is 2. The average Bonchev–Trinajstić information content (AvgIpc) is 2.86. The van der Waals surface area contributed by atoms with Crippen LogP contribution in [0, 0.1) is 0 Å². The smallest absolute Gasteiger partial charge is 0.0953 e. The summed E-state index contributed by atoms with van der Waals surface area (Å²) in [4.78, 5) is 4.21. The highest BCUT2D eigenvalue weighted by Gasteiger charge is 2.01. The molecule has 2 heteroatoms. The number of imidazole rings is 1. The lowest BCUT2D eigenvalue weighted by atomic mass is 10.1. The van der Waals surface area contributed by atoms with Crippen LogP contribution in [-0.4, -0.2) is 9.55 Å². The van der Waals surface area contributed by atoms with E-state index < -0.39 is 0 Å². The molecule has 0 saturated heterocycles. The van der Waals surface area contributed by atoms with E-state index in [1.54, 1.807) is 0 Å². The molecule has 0 amide bonds. The predicted octanol–water partition coefficient (Wildman–Crippen LogP) is 4.12. The summed E-state index contributed by atoms with van der Waals surface area (Å²) < 4.78 is 2.16. The van der Waals surface area contributed by atoms with Crippen molar-refractivity contribution in [2.24, 2.45) is 0 Å². The summed E-state index contributed by atoms with van der Waals surface area (Å²) in [6.45, 7) is 2.87. The lowest BCUT2D eigenvalue weighted by Gasteiger charge is -2.07. The first kappa shape index (κ1) is 11.7. The van der Waals surface area contributed by atoms with Gasteiger partial charge in [-0.1, -0.05) is 42.5 Å². The van der Waals surface area contributed by atoms with Gasteiger partial charge >= 0.3 is 0 Å². The van der Waals surface area contributed by atoms with E-state index in [2.05, 4.69) is 58.1 Å². The second-order valence-corrected chi connectivity index (χ2v) is 4.63. The van der Waals surface area contributed by atoms with Crippen molar-refractivity contribution in [3.8, 4) is 0 Å². The lowest BCUT2D eigenvalue weighted by molar-refractivity contribution is 0.790. The Morgan fingerprint density at radius 1 is 1.11 bits per heavy atom. The average molecular weight is 248 g/mol. The van der Waals surface area contributed by atoms with Crippen LogP contribution in [0.4, 0.5) is 0 Å². The predicted molar refractivity (Wildman–Crippen MR) is 80.0 cm³/mol. The normalized spacial score (nSPS) is 11.4. The summed E-state index contributed by atoms with van der Waals surface area (Å²) in [6, 6.07) is 15.0. The SMILES string of the molecule is CC=Cc1cncn1Cc1ccc2ccccc2c1. The van der Waals surface area contributed by atoms with Crippen LogP contribution >= 0.6 is 0 Å². The third kappa shape index (κ3) is 2.43. The van der Waals surface area contributed by atoms with Gasteiger partial charge in [0.05, 0.1) is 18.2 Å². The summed E-state index contributed by atoms with van der Waals surface area (Å²) in [5.41, 5.74) is 2.43. The number of rotatable bonds is 3. The Bertz CT molecular complexity index is 723. The molecule has 0 fully saturated rings. The largest absolute Gasteiger partial charge is 0.327 e. The van der Waals surface area contributed by atoms with Gasteiger partial charge in [0.1, 0.15) is 0 Å². The first-order valence-electron chi connectivity index (χ1n) is 6.47. The molecule has 0 atom stereocenters. The van der Waals surface area contributed by atoms with Gasteiger partial charge in [-0.3, -0.25) is 0 Å². The molecular weight excluding hydrogens is 232 g/mol. The van der Waals surface area contributed by atoms with Crippen molar-refractivity contribution in [1.29, 1.82) is 0 Å². The van der Waals surface area contributed by atoms with E-state index in [0.717, 1.165) is 12.2 Å². The highest BCUT2D eigenvalue weighted by Crippen LogP contribution is 2.17. The van der Waals surface area contributed by atoms with Gasteiger partial charge in [0, 0.05) is 6.54 Å². The molecule has 0 aliphatic carbocycles. The number of hydrogen-bond donors (Lipinski definition) is 0. The second kappa shape index (κ2) is 5.11. The highest BCUT2D eigenvalue weighted by molar-refractivity contribution is 5.82. The quantitative estimate of drug-likeness (QED) is 0.681. The molecule has 1 heterocycles. The molecule has 0 radical (unpaired) electrons. The van der Waals surface area contributed by atoms with E-state index in [1.807, 2.05) is 25.5 Å². The number of aromatic nitrogens is 2. The van der Waals surface area contributed by atoms with E-state index in [9.17, 15) is 0 Å². The van der Waals surface area contributed by atoms with Crippen LogP contribution in [0.1, 0.15) is 18.2 Å². The third-order valence-corrected chi connectivity index (χ3v) is 3.25. The lowest BCUT2D eigenvalue weighted by Crippen LogP contribution is -2.00. The molecule has 19 heavy (non-hydrogen) atoms. The zero-order valence-electron chi connectivity index (χ0n) is 11.0. The molecule has 3 rings (SSSR count). The minimum Gasteiger partial charge on any atom is -0.327 e. The van der Waals surface area contributed by atoms with Crippen molar-refractivity contribution in [3.05, 3.63) is 72.3 Å². The van der Waals surface area contributed by atoms with Crippen LogP contribution in [0.5, 0.6) is 0 Å². The van der Waals surface area contributed by atoms with Gasteiger partial charge < -0.3 is 4.57 Å². The maximum Gasteiger partial charge on any atom is 0.0953 e. The summed E-state index contributed by atoms with van der Waals surface area (Å²) in [6.07, 6.45) is 7.88. The number of hydrogen-bond acceptors (Lipinski definition) is 1. The molecule has 0 unspecified atom stereocenters. The van der Waals surface area contributed by atoms with Gasteiger partial charge in [0.2, 0.25) is 0 Å². The van der Waals surface area contributed by atoms with Crippen LogP contribution < -0.4 is 0 Å². The van der Waals surface area contributed by atoms with E-state index in [0.29, 0.717) is 0 Å². The molecule has 0 aliphatic heterocycles. The topological polar surface area (TPSA) is 17.8 Å². The standard InChI is InChI=1S/C17H16N2/c1-2-5-17-11-18-13-19(17)12-14-8-9-15-6-3-4-7-16(15)10-14/h2-11,13H,12H2,1H3. The van der Waals surface area contributed by atoms with Crippen LogP contribution in [0.15, 0.2) is 61.1 Å². The molecule has 2 aromatic carbocycles. The highest BCUT2D eigenvalue weighted by atomic mass is 15.0. The molecule has 0 spiro atoms. The Morgan fingerprint density at radius 2 is 1.95 bits per heavy atom. The molecule has 1 aromatic heterocycles. The minimum absolute atomic E-state index is 0.852. The van der Waals surface area contributed by atoms with Crippen LogP contribution in [0.3, 0.4) is 0 Å². The molecule has 0 saturated carbocycles. The molecule has 0 aliphatic rings. The Hall–Kier alpha value is -2.35. The third-order valence-electron chi connectivity index (χ3n) is 3.25. The maximum atomic E-state index is 4.21. The first-order valence-corrected chi connectivity index (χ1v) is 6.47. The zero-order chi connectivity index (χ0) is 13.1. The van der Waals surface area contributed by atoms with Crippen molar-refractivity contribution in [2.45, 2.75) is 13.5 Å². The van der Waals surface area contributed by atoms with Gasteiger partial charge in [-0.2, -0.15) is 0 Å². The first-order chi connectivity index (χ1) is 9.36. The van der Waals surface area contributed by atoms with E-state index >= 15 is 0 Å². The Morgan fingerprint density at radius 3 is 2.79 bits per heavy atom. The van der Waals surface area contributed by atoms with E-state index in [1.165, 1.54) is 16.3 Å². The maximum absolute atomic E-state index is 4.21. The number of fused-ring (bicyclic) bond motifs is 1. The van der Waals surface area contributed by atoms with Crippen molar-refractivity contribution >= 4 is 16.8 Å². The monoisotopic (exact) mass is 248 g/mol. The summed E-state index contributed by atoms with van der Waals surface area (Å²) >= 11 is 0. The molecule has 94 valence electrons. The second-order valence-electron chi connectivity index (χ2n) is 4.63. The van der Waals surface area contributed by atoms with Crippen molar-refractivity contribution < 1.29 is 0 Å². The van der Waals surface area contributed by atoms with E-state index in [-0.39, 0.29) is 0 Å². The van der Waals surface area contributed by atoms with E-state index in [4.69, 9.17) is 0 Å². The summed E-state index contributed by atoms with van der Waals surface area (Å²) in [5.74, 6) is 0. The van der Waals surface area contributed by atoms with Crippen molar-refractivity contribution in [2.75, 3.05) is 0 Å². The molecule has 3 aromatic rings. The van der Waals surface area contributed by atoms with Crippen LogP contribution in [0.2, 0.25) is 0 Å². The Labute approximate surface area is 113 Å². The zero-order valence-corrected chi connectivity index (χ0v) is 11.0. The number of allylic oxidation sites excluding steroid dienone is 1. The Balaban J connectivity index is 1.94. The van der Waals surface area contributed by atoms with Gasteiger partial charge in [0.25, 0.3) is 0 Å². The fraction of sp³-hybridized carbons (Fsp3) is 0.118. The van der Waals surface area contributed by atoms with Crippen molar-refractivity contribution in [1.82, 2.24) is 9.55 Å². The van der Waals surface area contributed by atoms with Gasteiger partial charge in [-0.05, 0) is 35.4 Å². The minimum atomic E-state index is 0.852.